The molecule has 2 aromatic carbocycles. The average Bonchev–Trinajstić information content (AvgIpc) is 2.27. The molecule has 0 aliphatic carbocycles. The summed E-state index contributed by atoms with van der Waals surface area (Å²) in [5.41, 5.74) is 0.752. The maximum atomic E-state index is 11.4. The Kier molecular flexibility index (Phi) is 2.44. The highest BCUT2D eigenvalue weighted by Crippen LogP contribution is 2.21. The van der Waals surface area contributed by atoms with E-state index in [-0.39, 0.29) is 11.3 Å². The second-order valence-corrected chi connectivity index (χ2v) is 3.60. The highest BCUT2D eigenvalue weighted by atomic mass is 16.4. The maximum absolute atomic E-state index is 11.4. The van der Waals surface area contributed by atoms with Crippen LogP contribution in [-0.4, -0.2) is 16.9 Å². The number of hydrogen-bond donors (Lipinski definition) is 1. The molecule has 0 fully saturated rings. The van der Waals surface area contributed by atoms with E-state index in [9.17, 15) is 9.59 Å². The van der Waals surface area contributed by atoms with Gasteiger partial charge in [-0.2, -0.15) is 0 Å². The molecule has 3 nitrogen and oxygen atoms in total. The van der Waals surface area contributed by atoms with Crippen LogP contribution >= 0.6 is 0 Å². The second kappa shape index (κ2) is 3.77. The lowest BCUT2D eigenvalue weighted by atomic mass is 10.00. The molecule has 80 valence electrons. The molecule has 0 bridgehead atoms. The van der Waals surface area contributed by atoms with Gasteiger partial charge in [0.2, 0.25) is 0 Å². The fraction of sp³-hybridized carbons (Fsp3) is 0.0769. The molecule has 0 spiro atoms. The third-order valence-electron chi connectivity index (χ3n) is 2.51. The number of aromatic carboxylic acids is 1. The zero-order chi connectivity index (χ0) is 11.7. The van der Waals surface area contributed by atoms with Crippen molar-refractivity contribution in [1.82, 2.24) is 0 Å². The van der Waals surface area contributed by atoms with Crippen molar-refractivity contribution in [1.29, 1.82) is 0 Å². The number of benzene rings is 2. The smallest absolute Gasteiger partial charge is 0.335 e. The number of carbonyl (C=O) groups excluding carboxylic acids is 1. The lowest BCUT2D eigenvalue weighted by molar-refractivity contribution is 0.0696. The number of Topliss-reactive ketones (excluding diaryl/α,β-unsaturated/α-hetero) is 1. The van der Waals surface area contributed by atoms with Crippen molar-refractivity contribution in [2.45, 2.75) is 6.92 Å². The number of carbonyl (C=O) groups is 2. The monoisotopic (exact) mass is 214 g/mol. The van der Waals surface area contributed by atoms with Crippen molar-refractivity contribution in [3.05, 3.63) is 47.5 Å². The Labute approximate surface area is 92.3 Å². The number of hydrogen-bond acceptors (Lipinski definition) is 2. The van der Waals surface area contributed by atoms with E-state index < -0.39 is 5.97 Å². The summed E-state index contributed by atoms with van der Waals surface area (Å²) < 4.78 is 0. The van der Waals surface area contributed by atoms with E-state index in [1.54, 1.807) is 18.2 Å². The van der Waals surface area contributed by atoms with Gasteiger partial charge in [0.15, 0.2) is 5.78 Å². The third kappa shape index (κ3) is 1.67. The molecule has 3 heteroatoms. The summed E-state index contributed by atoms with van der Waals surface area (Å²) in [5, 5.41) is 10.5. The van der Waals surface area contributed by atoms with Gasteiger partial charge in [-0.15, -0.1) is 0 Å². The van der Waals surface area contributed by atoms with Gasteiger partial charge in [0.1, 0.15) is 0 Å². The van der Waals surface area contributed by atoms with E-state index >= 15 is 0 Å². The summed E-state index contributed by atoms with van der Waals surface area (Å²) in [6, 6.07) is 10.1. The molecule has 0 unspecified atom stereocenters. The van der Waals surface area contributed by atoms with Gasteiger partial charge in [0.25, 0.3) is 0 Å². The van der Waals surface area contributed by atoms with E-state index in [0.717, 1.165) is 5.39 Å². The van der Waals surface area contributed by atoms with E-state index in [2.05, 4.69) is 0 Å². The molecule has 0 radical (unpaired) electrons. The van der Waals surface area contributed by atoms with Crippen LogP contribution in [0.2, 0.25) is 0 Å². The number of carboxylic acid groups (broad SMARTS) is 1. The van der Waals surface area contributed by atoms with E-state index in [4.69, 9.17) is 5.11 Å². The molecular weight excluding hydrogens is 204 g/mol. The largest absolute Gasteiger partial charge is 0.478 e. The first-order valence-corrected chi connectivity index (χ1v) is 4.86. The normalized spacial score (nSPS) is 10.3. The zero-order valence-electron chi connectivity index (χ0n) is 8.73. The Morgan fingerprint density at radius 1 is 1.12 bits per heavy atom. The molecule has 0 aromatic heterocycles. The molecular formula is C13H10O3. The Morgan fingerprint density at radius 2 is 1.88 bits per heavy atom. The van der Waals surface area contributed by atoms with Gasteiger partial charge >= 0.3 is 5.97 Å². The van der Waals surface area contributed by atoms with Gasteiger partial charge in [0, 0.05) is 5.56 Å². The molecule has 0 saturated heterocycles. The highest BCUT2D eigenvalue weighted by Gasteiger charge is 2.08. The van der Waals surface area contributed by atoms with Crippen LogP contribution in [0.3, 0.4) is 0 Å². The van der Waals surface area contributed by atoms with Gasteiger partial charge in [-0.3, -0.25) is 4.79 Å². The predicted octanol–water partition coefficient (Wildman–Crippen LogP) is 2.74. The van der Waals surface area contributed by atoms with Crippen molar-refractivity contribution < 1.29 is 14.7 Å². The first kappa shape index (κ1) is 10.4. The summed E-state index contributed by atoms with van der Waals surface area (Å²) in [5.74, 6) is -1.05. The van der Waals surface area contributed by atoms with Crippen molar-refractivity contribution >= 4 is 22.5 Å². The van der Waals surface area contributed by atoms with E-state index in [0.29, 0.717) is 10.9 Å². The fourth-order valence-electron chi connectivity index (χ4n) is 1.71. The molecule has 2 aromatic rings. The van der Waals surface area contributed by atoms with Crippen LogP contribution in [0.4, 0.5) is 0 Å². The summed E-state index contributed by atoms with van der Waals surface area (Å²) >= 11 is 0. The number of carboxylic acids is 1. The second-order valence-electron chi connectivity index (χ2n) is 3.60. The predicted molar refractivity (Wildman–Crippen MR) is 60.9 cm³/mol. The van der Waals surface area contributed by atoms with Gasteiger partial charge in [0.05, 0.1) is 5.56 Å². The molecule has 0 atom stereocenters. The van der Waals surface area contributed by atoms with Gasteiger partial charge in [-0.25, -0.2) is 4.79 Å². The Hall–Kier alpha value is -2.16. The molecule has 0 aliphatic heterocycles. The lowest BCUT2D eigenvalue weighted by Gasteiger charge is -2.04. The van der Waals surface area contributed by atoms with Crippen LogP contribution in [0, 0.1) is 0 Å². The Bertz CT molecular complexity index is 585. The van der Waals surface area contributed by atoms with Crippen LogP contribution in [0.15, 0.2) is 36.4 Å². The van der Waals surface area contributed by atoms with E-state index in [1.807, 2.05) is 6.07 Å². The van der Waals surface area contributed by atoms with Crippen LogP contribution < -0.4 is 0 Å². The minimum absolute atomic E-state index is 0.0619. The molecule has 0 saturated carbocycles. The zero-order valence-corrected chi connectivity index (χ0v) is 8.73. The minimum Gasteiger partial charge on any atom is -0.478 e. The number of rotatable bonds is 2. The van der Waals surface area contributed by atoms with Crippen LogP contribution in [-0.2, 0) is 0 Å². The first-order chi connectivity index (χ1) is 7.59. The lowest BCUT2D eigenvalue weighted by Crippen LogP contribution is -1.98. The van der Waals surface area contributed by atoms with Crippen molar-refractivity contribution in [3.8, 4) is 0 Å². The molecule has 0 aliphatic rings. The quantitative estimate of drug-likeness (QED) is 0.782. The van der Waals surface area contributed by atoms with Crippen LogP contribution in [0.1, 0.15) is 27.6 Å². The number of ketones is 1. The molecule has 0 heterocycles. The summed E-state index contributed by atoms with van der Waals surface area (Å²) in [6.07, 6.45) is 0. The molecule has 2 rings (SSSR count). The standard InChI is InChI=1S/C13H10O3/c1-8(14)11-4-2-3-9-5-6-10(13(15)16)7-12(9)11/h2-7H,1H3,(H,15,16). The van der Waals surface area contributed by atoms with Crippen LogP contribution in [0.25, 0.3) is 10.8 Å². The average molecular weight is 214 g/mol. The molecule has 0 amide bonds. The SMILES string of the molecule is CC(=O)c1cccc2ccc(C(=O)O)cc12. The van der Waals surface area contributed by atoms with Gasteiger partial charge in [-0.1, -0.05) is 24.3 Å². The molecule has 16 heavy (non-hydrogen) atoms. The van der Waals surface area contributed by atoms with Crippen molar-refractivity contribution in [2.75, 3.05) is 0 Å². The minimum atomic E-state index is -0.986. The fourth-order valence-corrected chi connectivity index (χ4v) is 1.71. The highest BCUT2D eigenvalue weighted by molar-refractivity contribution is 6.08. The molecule has 1 N–H and O–H groups in total. The van der Waals surface area contributed by atoms with Crippen molar-refractivity contribution in [3.63, 3.8) is 0 Å². The van der Waals surface area contributed by atoms with Gasteiger partial charge in [-0.05, 0) is 29.8 Å². The van der Waals surface area contributed by atoms with Gasteiger partial charge < -0.3 is 5.11 Å². The Morgan fingerprint density at radius 3 is 2.50 bits per heavy atom. The first-order valence-electron chi connectivity index (χ1n) is 4.86. The Balaban J connectivity index is 2.78. The summed E-state index contributed by atoms with van der Waals surface area (Å²) in [6.45, 7) is 1.47. The third-order valence-corrected chi connectivity index (χ3v) is 2.51. The number of fused-ring (bicyclic) bond motifs is 1. The van der Waals surface area contributed by atoms with Crippen LogP contribution in [0.5, 0.6) is 0 Å². The summed E-state index contributed by atoms with van der Waals surface area (Å²) in [7, 11) is 0. The van der Waals surface area contributed by atoms with E-state index in [1.165, 1.54) is 19.1 Å². The summed E-state index contributed by atoms with van der Waals surface area (Å²) in [4.78, 5) is 22.2. The maximum Gasteiger partial charge on any atom is 0.335 e. The van der Waals surface area contributed by atoms with Crippen molar-refractivity contribution in [2.24, 2.45) is 0 Å². The topological polar surface area (TPSA) is 54.4 Å².